The fourth-order valence-corrected chi connectivity index (χ4v) is 3.85. The Kier molecular flexibility index (Phi) is 4.21. The van der Waals surface area contributed by atoms with Gasteiger partial charge in [-0.05, 0) is 17.5 Å². The molecule has 0 amide bonds. The van der Waals surface area contributed by atoms with Crippen molar-refractivity contribution in [1.29, 1.82) is 0 Å². The number of hydrogen-bond donors (Lipinski definition) is 3. The predicted molar refractivity (Wildman–Crippen MR) is 105 cm³/mol. The lowest BCUT2D eigenvalue weighted by atomic mass is 10.1. The molecule has 0 aromatic heterocycles. The van der Waals surface area contributed by atoms with Gasteiger partial charge < -0.3 is 10.2 Å². The van der Waals surface area contributed by atoms with E-state index in [-0.39, 0.29) is 33.2 Å². The summed E-state index contributed by atoms with van der Waals surface area (Å²) in [5.74, 6) is -0.360. The normalized spacial score (nSPS) is 12.2. The minimum absolute atomic E-state index is 0.0918. The van der Waals surface area contributed by atoms with Crippen LogP contribution in [0.4, 0.5) is 11.4 Å². The van der Waals surface area contributed by atoms with E-state index in [2.05, 4.69) is 10.2 Å². The zero-order valence-corrected chi connectivity index (χ0v) is 15.1. The highest BCUT2D eigenvalue weighted by atomic mass is 32.2. The number of rotatable bonds is 3. The Morgan fingerprint density at radius 1 is 0.750 bits per heavy atom. The van der Waals surface area contributed by atoms with Crippen LogP contribution in [0.3, 0.4) is 0 Å². The number of azo groups is 1. The largest absolute Gasteiger partial charge is 0.507 e. The summed E-state index contributed by atoms with van der Waals surface area (Å²) in [5.41, 5.74) is 0.344. The number of aromatic hydroxyl groups is 2. The summed E-state index contributed by atoms with van der Waals surface area (Å²) < 4.78 is 33.1. The summed E-state index contributed by atoms with van der Waals surface area (Å²) in [4.78, 5) is -0.278. The van der Waals surface area contributed by atoms with E-state index in [0.717, 1.165) is 0 Å². The van der Waals surface area contributed by atoms with Crippen molar-refractivity contribution in [3.63, 3.8) is 0 Å². The summed E-state index contributed by atoms with van der Waals surface area (Å²) in [6, 6.07) is 17.4. The quantitative estimate of drug-likeness (QED) is 0.331. The van der Waals surface area contributed by atoms with E-state index in [1.807, 2.05) is 0 Å². The van der Waals surface area contributed by atoms with Gasteiger partial charge >= 0.3 is 0 Å². The number of fused-ring (bicyclic) bond motifs is 2. The van der Waals surface area contributed by atoms with Crippen LogP contribution in [0.2, 0.25) is 0 Å². The van der Waals surface area contributed by atoms with Crippen LogP contribution in [0.25, 0.3) is 21.5 Å². The smallest absolute Gasteiger partial charge is 0.295 e. The maximum Gasteiger partial charge on any atom is 0.295 e. The first kappa shape index (κ1) is 17.9. The predicted octanol–water partition coefficient (Wildman–Crippen LogP) is 5.07. The minimum Gasteiger partial charge on any atom is -0.507 e. The third-order valence-electron chi connectivity index (χ3n) is 4.35. The van der Waals surface area contributed by atoms with Gasteiger partial charge in [-0.15, -0.1) is 10.2 Å². The molecule has 0 radical (unpaired) electrons. The third-order valence-corrected chi connectivity index (χ3v) is 5.25. The molecule has 7 nitrogen and oxygen atoms in total. The van der Waals surface area contributed by atoms with Gasteiger partial charge in [0.15, 0.2) is 0 Å². The highest BCUT2D eigenvalue weighted by Crippen LogP contribution is 2.41. The van der Waals surface area contributed by atoms with Crippen LogP contribution in [0.15, 0.2) is 81.9 Å². The molecule has 4 aromatic rings. The standard InChI is InChI=1S/C20H14N2O5S/c23-16-11-17(24)20(14-8-2-1-7-13(14)16)22-21-15-9-3-5-12-6-4-10-18(19(12)15)28(25,26)27/h1-11,23-24H,(H,25,26,27)/b22-21+. The highest BCUT2D eigenvalue weighted by Gasteiger charge is 2.17. The minimum atomic E-state index is -4.47. The molecule has 0 fully saturated rings. The number of nitrogens with zero attached hydrogens (tertiary/aromatic N) is 2. The molecule has 4 aromatic carbocycles. The van der Waals surface area contributed by atoms with Crippen molar-refractivity contribution >= 4 is 43.0 Å². The van der Waals surface area contributed by atoms with Crippen molar-refractivity contribution in [2.45, 2.75) is 4.90 Å². The van der Waals surface area contributed by atoms with Gasteiger partial charge in [0.05, 0.1) is 5.69 Å². The molecule has 28 heavy (non-hydrogen) atoms. The van der Waals surface area contributed by atoms with E-state index in [1.165, 1.54) is 18.2 Å². The molecule has 0 spiro atoms. The van der Waals surface area contributed by atoms with Gasteiger partial charge in [-0.3, -0.25) is 4.55 Å². The van der Waals surface area contributed by atoms with Crippen LogP contribution in [0.5, 0.6) is 11.5 Å². The molecular formula is C20H14N2O5S. The summed E-state index contributed by atoms with van der Waals surface area (Å²) in [7, 11) is -4.47. The van der Waals surface area contributed by atoms with E-state index in [9.17, 15) is 23.2 Å². The Labute approximate surface area is 160 Å². The lowest BCUT2D eigenvalue weighted by molar-refractivity contribution is 0.455. The van der Waals surface area contributed by atoms with Crippen LogP contribution < -0.4 is 0 Å². The van der Waals surface area contributed by atoms with Crippen molar-refractivity contribution in [2.24, 2.45) is 10.2 Å². The monoisotopic (exact) mass is 394 g/mol. The van der Waals surface area contributed by atoms with Crippen molar-refractivity contribution in [2.75, 3.05) is 0 Å². The van der Waals surface area contributed by atoms with Crippen LogP contribution in [0, 0.1) is 0 Å². The third kappa shape index (κ3) is 3.04. The molecule has 0 saturated heterocycles. The second-order valence-corrected chi connectivity index (χ2v) is 7.51. The van der Waals surface area contributed by atoms with E-state index < -0.39 is 10.1 Å². The molecule has 0 aliphatic rings. The Balaban J connectivity index is 1.96. The Morgan fingerprint density at radius 3 is 2.14 bits per heavy atom. The maximum absolute atomic E-state index is 11.8. The summed E-state index contributed by atoms with van der Waals surface area (Å²) in [5, 5.41) is 30.2. The van der Waals surface area contributed by atoms with Crippen molar-refractivity contribution in [1.82, 2.24) is 0 Å². The first-order valence-corrected chi connectivity index (χ1v) is 9.65. The van der Waals surface area contributed by atoms with E-state index in [1.54, 1.807) is 48.5 Å². The van der Waals surface area contributed by atoms with E-state index in [4.69, 9.17) is 0 Å². The van der Waals surface area contributed by atoms with Gasteiger partial charge in [-0.2, -0.15) is 8.42 Å². The van der Waals surface area contributed by atoms with Gasteiger partial charge in [0.1, 0.15) is 22.1 Å². The first-order valence-electron chi connectivity index (χ1n) is 8.21. The molecule has 4 rings (SSSR count). The van der Waals surface area contributed by atoms with Crippen LogP contribution in [-0.4, -0.2) is 23.2 Å². The average molecular weight is 394 g/mol. The van der Waals surface area contributed by atoms with Gasteiger partial charge in [0, 0.05) is 22.2 Å². The van der Waals surface area contributed by atoms with Gasteiger partial charge in [-0.1, -0.05) is 48.5 Å². The van der Waals surface area contributed by atoms with Crippen LogP contribution in [-0.2, 0) is 10.1 Å². The molecule has 140 valence electrons. The maximum atomic E-state index is 11.8. The number of phenolic OH excluding ortho intramolecular Hbond substituents is 2. The molecule has 0 unspecified atom stereocenters. The van der Waals surface area contributed by atoms with Gasteiger partial charge in [-0.25, -0.2) is 0 Å². The molecule has 0 atom stereocenters. The Morgan fingerprint density at radius 2 is 1.43 bits per heavy atom. The fourth-order valence-electron chi connectivity index (χ4n) is 3.12. The molecule has 8 heteroatoms. The molecule has 0 aliphatic heterocycles. The Hall–Kier alpha value is -3.49. The molecule has 0 heterocycles. The topological polar surface area (TPSA) is 120 Å². The van der Waals surface area contributed by atoms with Gasteiger partial charge in [0.2, 0.25) is 0 Å². The highest BCUT2D eigenvalue weighted by molar-refractivity contribution is 7.86. The van der Waals surface area contributed by atoms with Crippen LogP contribution in [0.1, 0.15) is 0 Å². The number of benzene rings is 4. The summed E-state index contributed by atoms with van der Waals surface area (Å²) >= 11 is 0. The van der Waals surface area contributed by atoms with Crippen molar-refractivity contribution in [3.8, 4) is 11.5 Å². The summed E-state index contributed by atoms with van der Waals surface area (Å²) in [6.07, 6.45) is 0. The average Bonchev–Trinajstić information content (AvgIpc) is 2.66. The van der Waals surface area contributed by atoms with Crippen LogP contribution >= 0.6 is 0 Å². The second-order valence-electron chi connectivity index (χ2n) is 6.12. The zero-order chi connectivity index (χ0) is 19.9. The molecule has 0 saturated carbocycles. The van der Waals surface area contributed by atoms with Crippen molar-refractivity contribution < 1.29 is 23.2 Å². The SMILES string of the molecule is O=S(=O)(O)c1cccc2cccc(/N=N/c3c(O)cc(O)c4ccccc34)c12. The lowest BCUT2D eigenvalue weighted by Gasteiger charge is -2.08. The molecule has 3 N–H and O–H groups in total. The van der Waals surface area contributed by atoms with Crippen molar-refractivity contribution in [3.05, 3.63) is 66.7 Å². The molecule has 0 aliphatic carbocycles. The fraction of sp³-hybridized carbons (Fsp3) is 0. The Bertz CT molecular complexity index is 1360. The molecule has 0 bridgehead atoms. The number of phenols is 2. The van der Waals surface area contributed by atoms with E-state index >= 15 is 0 Å². The molecular weight excluding hydrogens is 380 g/mol. The lowest BCUT2D eigenvalue weighted by Crippen LogP contribution is -1.98. The first-order chi connectivity index (χ1) is 13.4. The van der Waals surface area contributed by atoms with E-state index in [0.29, 0.717) is 16.2 Å². The van der Waals surface area contributed by atoms with Gasteiger partial charge in [0.25, 0.3) is 10.1 Å². The zero-order valence-electron chi connectivity index (χ0n) is 14.3. The second kappa shape index (κ2) is 6.59. The summed E-state index contributed by atoms with van der Waals surface area (Å²) in [6.45, 7) is 0. The number of hydrogen-bond acceptors (Lipinski definition) is 6.